The molecule has 1 saturated heterocycles. The summed E-state index contributed by atoms with van der Waals surface area (Å²) in [7, 11) is 4.15. The third-order valence-corrected chi connectivity index (χ3v) is 7.30. The van der Waals surface area contributed by atoms with E-state index >= 15 is 0 Å². The van der Waals surface area contributed by atoms with Gasteiger partial charge in [0.15, 0.2) is 5.82 Å². The second-order valence-corrected chi connectivity index (χ2v) is 9.75. The zero-order chi connectivity index (χ0) is 27.6. The summed E-state index contributed by atoms with van der Waals surface area (Å²) in [5, 5.41) is 9.77. The lowest BCUT2D eigenvalue weighted by Gasteiger charge is -2.42. The topological polar surface area (TPSA) is 103 Å². The number of aliphatic hydroxyl groups is 1. The van der Waals surface area contributed by atoms with Gasteiger partial charge in [0.2, 0.25) is 0 Å². The standard InChI is InChI=1S/C29H41N5O5/c1-4-32(2)27-6-5-10-30-29(27)33(3)23-9-11-34(24(19-23)21-36)28-18-22-7-8-25(20-26(22)31-28)39-17-16-38-15-14-37-13-12-35/h5-8,10,18,20-21,23-24,31,35H,4,9,11-17,19H2,1-3H3. The maximum atomic E-state index is 12.2. The number of carbonyl (C=O) groups excluding carboxylic acids is 1. The van der Waals surface area contributed by atoms with Gasteiger partial charge in [0.25, 0.3) is 0 Å². The molecule has 2 atom stereocenters. The van der Waals surface area contributed by atoms with Gasteiger partial charge >= 0.3 is 0 Å². The Bertz CT molecular complexity index is 1190. The summed E-state index contributed by atoms with van der Waals surface area (Å²) in [6, 6.07) is 12.1. The van der Waals surface area contributed by atoms with Crippen LogP contribution in [-0.4, -0.2) is 100 Å². The first-order valence-corrected chi connectivity index (χ1v) is 13.7. The van der Waals surface area contributed by atoms with Crippen LogP contribution in [0.15, 0.2) is 42.6 Å². The quantitative estimate of drug-likeness (QED) is 0.223. The minimum absolute atomic E-state index is 0.0152. The molecular formula is C29H41N5O5. The van der Waals surface area contributed by atoms with E-state index in [4.69, 9.17) is 19.3 Å². The van der Waals surface area contributed by atoms with E-state index < -0.39 is 0 Å². The molecule has 0 radical (unpaired) electrons. The number of H-pyrrole nitrogens is 1. The highest BCUT2D eigenvalue weighted by Gasteiger charge is 2.32. The van der Waals surface area contributed by atoms with Gasteiger partial charge in [0.1, 0.15) is 24.5 Å². The molecule has 39 heavy (non-hydrogen) atoms. The number of hydrogen-bond acceptors (Lipinski definition) is 9. The molecule has 212 valence electrons. The SMILES string of the molecule is CCN(C)c1cccnc1N(C)C1CCN(c2cc3ccc(OCCOCCOCCO)cc3[nH]2)C(C=O)C1. The maximum Gasteiger partial charge on any atom is 0.152 e. The van der Waals surface area contributed by atoms with Crippen LogP contribution in [0.2, 0.25) is 0 Å². The average Bonchev–Trinajstić information content (AvgIpc) is 3.40. The number of aldehydes is 1. The summed E-state index contributed by atoms with van der Waals surface area (Å²) in [6.07, 6.45) is 4.53. The average molecular weight is 540 g/mol. The third kappa shape index (κ3) is 7.20. The van der Waals surface area contributed by atoms with E-state index in [1.165, 1.54) is 0 Å². The van der Waals surface area contributed by atoms with Crippen molar-refractivity contribution in [1.82, 2.24) is 9.97 Å². The number of carbonyl (C=O) groups is 1. The van der Waals surface area contributed by atoms with Gasteiger partial charge in [-0.1, -0.05) is 0 Å². The van der Waals surface area contributed by atoms with Gasteiger partial charge in [-0.3, -0.25) is 0 Å². The summed E-state index contributed by atoms with van der Waals surface area (Å²) in [4.78, 5) is 27.0. The summed E-state index contributed by atoms with van der Waals surface area (Å²) in [6.45, 7) is 5.92. The molecule has 2 unspecified atom stereocenters. The summed E-state index contributed by atoms with van der Waals surface area (Å²) >= 11 is 0. The van der Waals surface area contributed by atoms with Crippen molar-refractivity contribution in [1.29, 1.82) is 0 Å². The first kappa shape index (κ1) is 28.7. The molecule has 0 saturated carbocycles. The van der Waals surface area contributed by atoms with Gasteiger partial charge in [-0.25, -0.2) is 4.98 Å². The van der Waals surface area contributed by atoms with Gasteiger partial charge in [-0.05, 0) is 50.1 Å². The molecule has 2 N–H and O–H groups in total. The number of aromatic nitrogens is 2. The molecule has 1 aromatic carbocycles. The lowest BCUT2D eigenvalue weighted by Crippen LogP contribution is -2.50. The molecule has 4 rings (SSSR count). The second kappa shape index (κ2) is 14.2. The molecule has 3 aromatic rings. The molecule has 10 heteroatoms. The number of pyridine rings is 1. The highest BCUT2D eigenvalue weighted by molar-refractivity contribution is 5.86. The molecule has 1 aliphatic rings. The number of nitrogens with zero attached hydrogens (tertiary/aromatic N) is 4. The van der Waals surface area contributed by atoms with Crippen molar-refractivity contribution in [2.45, 2.75) is 31.8 Å². The number of hydrogen-bond donors (Lipinski definition) is 2. The Labute approximate surface area is 230 Å². The van der Waals surface area contributed by atoms with Crippen molar-refractivity contribution in [3.8, 4) is 5.75 Å². The van der Waals surface area contributed by atoms with Crippen LogP contribution >= 0.6 is 0 Å². The predicted molar refractivity (Wildman–Crippen MR) is 154 cm³/mol. The van der Waals surface area contributed by atoms with Gasteiger partial charge in [0, 0.05) is 50.9 Å². The zero-order valence-electron chi connectivity index (χ0n) is 23.2. The van der Waals surface area contributed by atoms with Gasteiger partial charge in [-0.15, -0.1) is 0 Å². The number of anilines is 3. The highest BCUT2D eigenvalue weighted by atomic mass is 16.5. The minimum Gasteiger partial charge on any atom is -0.491 e. The number of benzene rings is 1. The largest absolute Gasteiger partial charge is 0.491 e. The highest BCUT2D eigenvalue weighted by Crippen LogP contribution is 2.33. The Morgan fingerprint density at radius 2 is 1.92 bits per heavy atom. The zero-order valence-corrected chi connectivity index (χ0v) is 23.2. The Kier molecular flexibility index (Phi) is 10.4. The van der Waals surface area contributed by atoms with Crippen molar-refractivity contribution >= 4 is 34.5 Å². The molecule has 10 nitrogen and oxygen atoms in total. The van der Waals surface area contributed by atoms with E-state index in [0.717, 1.165) is 66.2 Å². The number of piperidine rings is 1. The van der Waals surface area contributed by atoms with Crippen LogP contribution in [0.4, 0.5) is 17.3 Å². The van der Waals surface area contributed by atoms with E-state index in [-0.39, 0.29) is 18.7 Å². The number of rotatable bonds is 15. The van der Waals surface area contributed by atoms with Crippen LogP contribution in [-0.2, 0) is 14.3 Å². The van der Waals surface area contributed by atoms with E-state index in [0.29, 0.717) is 33.0 Å². The van der Waals surface area contributed by atoms with E-state index in [2.05, 4.69) is 57.8 Å². The second-order valence-electron chi connectivity index (χ2n) is 9.75. The Morgan fingerprint density at radius 3 is 2.69 bits per heavy atom. The van der Waals surface area contributed by atoms with Crippen LogP contribution in [0.25, 0.3) is 10.9 Å². The lowest BCUT2D eigenvalue weighted by atomic mass is 9.96. The number of fused-ring (bicyclic) bond motifs is 1. The van der Waals surface area contributed by atoms with Gasteiger partial charge in [0.05, 0.1) is 50.3 Å². The van der Waals surface area contributed by atoms with E-state index in [1.807, 2.05) is 30.5 Å². The first-order chi connectivity index (χ1) is 19.0. The van der Waals surface area contributed by atoms with Crippen LogP contribution < -0.4 is 19.4 Å². The van der Waals surface area contributed by atoms with Gasteiger partial charge < -0.3 is 43.8 Å². The summed E-state index contributed by atoms with van der Waals surface area (Å²) in [5.74, 6) is 2.64. The van der Waals surface area contributed by atoms with E-state index in [9.17, 15) is 4.79 Å². The fourth-order valence-corrected chi connectivity index (χ4v) is 5.00. The predicted octanol–water partition coefficient (Wildman–Crippen LogP) is 3.10. The fraction of sp³-hybridized carbons (Fsp3) is 0.517. The summed E-state index contributed by atoms with van der Waals surface area (Å²) in [5.41, 5.74) is 2.06. The molecule has 0 aliphatic carbocycles. The number of nitrogens with one attached hydrogen (secondary N) is 1. The monoisotopic (exact) mass is 539 g/mol. The fourth-order valence-electron chi connectivity index (χ4n) is 5.00. The van der Waals surface area contributed by atoms with Crippen molar-refractivity contribution < 1.29 is 24.1 Å². The van der Waals surface area contributed by atoms with Crippen molar-refractivity contribution in [2.24, 2.45) is 0 Å². The lowest BCUT2D eigenvalue weighted by molar-refractivity contribution is -0.109. The van der Waals surface area contributed by atoms with Crippen LogP contribution in [0.1, 0.15) is 19.8 Å². The van der Waals surface area contributed by atoms with Crippen molar-refractivity contribution in [2.75, 3.05) is 81.5 Å². The van der Waals surface area contributed by atoms with Crippen LogP contribution in [0, 0.1) is 0 Å². The Balaban J connectivity index is 1.36. The maximum absolute atomic E-state index is 12.2. The number of aliphatic hydroxyl groups excluding tert-OH is 1. The number of aromatic amines is 1. The minimum atomic E-state index is -0.232. The Hall–Kier alpha value is -3.34. The molecular weight excluding hydrogens is 498 g/mol. The van der Waals surface area contributed by atoms with Crippen LogP contribution in [0.3, 0.4) is 0 Å². The van der Waals surface area contributed by atoms with E-state index in [1.54, 1.807) is 0 Å². The molecule has 2 aromatic heterocycles. The Morgan fingerprint density at radius 1 is 1.13 bits per heavy atom. The van der Waals surface area contributed by atoms with Crippen LogP contribution in [0.5, 0.6) is 5.75 Å². The molecule has 1 aliphatic heterocycles. The normalized spacial score (nSPS) is 17.4. The molecule has 1 fully saturated rings. The first-order valence-electron chi connectivity index (χ1n) is 13.7. The summed E-state index contributed by atoms with van der Waals surface area (Å²) < 4.78 is 16.5. The van der Waals surface area contributed by atoms with Crippen molar-refractivity contribution in [3.05, 3.63) is 42.6 Å². The molecule has 0 amide bonds. The van der Waals surface area contributed by atoms with Gasteiger partial charge in [-0.2, -0.15) is 0 Å². The molecule has 0 bridgehead atoms. The smallest absolute Gasteiger partial charge is 0.152 e. The number of ether oxygens (including phenoxy) is 3. The molecule has 3 heterocycles. The van der Waals surface area contributed by atoms with Crippen molar-refractivity contribution in [3.63, 3.8) is 0 Å². The molecule has 0 spiro atoms. The third-order valence-electron chi connectivity index (χ3n) is 7.30.